The highest BCUT2D eigenvalue weighted by Crippen LogP contribution is 2.28. The zero-order valence-corrected chi connectivity index (χ0v) is 17.7. The first-order valence-electron chi connectivity index (χ1n) is 9.63. The van der Waals surface area contributed by atoms with Gasteiger partial charge in [-0.25, -0.2) is 9.78 Å². The average Bonchev–Trinajstić information content (AvgIpc) is 3.28. The highest BCUT2D eigenvalue weighted by Gasteiger charge is 2.15. The van der Waals surface area contributed by atoms with E-state index in [-0.39, 0.29) is 16.8 Å². The van der Waals surface area contributed by atoms with Crippen LogP contribution in [0.1, 0.15) is 17.5 Å². The van der Waals surface area contributed by atoms with Crippen LogP contribution in [0.4, 0.5) is 11.4 Å². The second-order valence-electron chi connectivity index (χ2n) is 6.79. The number of nitrogens with zero attached hydrogens (tertiary/aromatic N) is 3. The molecule has 2 aromatic heterocycles. The number of rotatable bonds is 6. The number of para-hydroxylation sites is 1. The summed E-state index contributed by atoms with van der Waals surface area (Å²) in [6, 6.07) is 15.4. The van der Waals surface area contributed by atoms with Crippen molar-refractivity contribution >= 4 is 39.3 Å². The van der Waals surface area contributed by atoms with Gasteiger partial charge >= 0.3 is 5.63 Å². The van der Waals surface area contributed by atoms with E-state index in [1.165, 1.54) is 35.6 Å². The Hall–Kier alpha value is -4.29. The van der Waals surface area contributed by atoms with Gasteiger partial charge in [0.2, 0.25) is 0 Å². The third-order valence-electron chi connectivity index (χ3n) is 4.83. The molecule has 0 unspecified atom stereocenters. The molecule has 1 N–H and O–H groups in total. The second-order valence-corrected chi connectivity index (χ2v) is 7.65. The van der Waals surface area contributed by atoms with Crippen molar-refractivity contribution in [2.45, 2.75) is 13.3 Å². The number of nitrogens with one attached hydrogen (secondary N) is 1. The van der Waals surface area contributed by atoms with E-state index >= 15 is 0 Å². The van der Waals surface area contributed by atoms with Crippen LogP contribution >= 0.6 is 11.3 Å². The SMILES string of the molecule is CCc1ccccc1NC=C(C#N)c1nc(-c2cc3cc([N+](=O)[O-])ccc3oc2=O)cs1. The topological polar surface area (TPSA) is 122 Å². The van der Waals surface area contributed by atoms with Crippen LogP contribution in [0.3, 0.4) is 0 Å². The van der Waals surface area contributed by atoms with Crippen LogP contribution < -0.4 is 10.9 Å². The monoisotopic (exact) mass is 444 g/mol. The minimum absolute atomic E-state index is 0.107. The zero-order valence-electron chi connectivity index (χ0n) is 16.9. The molecule has 0 fully saturated rings. The summed E-state index contributed by atoms with van der Waals surface area (Å²) < 4.78 is 5.30. The molecule has 4 aromatic rings. The van der Waals surface area contributed by atoms with Gasteiger partial charge in [-0.1, -0.05) is 25.1 Å². The first-order chi connectivity index (χ1) is 15.5. The number of anilines is 1. The van der Waals surface area contributed by atoms with Crippen molar-refractivity contribution in [3.8, 4) is 17.3 Å². The summed E-state index contributed by atoms with van der Waals surface area (Å²) in [5.41, 5.74) is 2.36. The molecule has 0 saturated heterocycles. The fraction of sp³-hybridized carbons (Fsp3) is 0.0870. The number of non-ortho nitro benzene ring substituents is 1. The summed E-state index contributed by atoms with van der Waals surface area (Å²) in [7, 11) is 0. The third kappa shape index (κ3) is 4.12. The van der Waals surface area contributed by atoms with Crippen LogP contribution in [0.15, 0.2) is 69.3 Å². The van der Waals surface area contributed by atoms with Gasteiger partial charge in [0, 0.05) is 34.8 Å². The molecule has 2 heterocycles. The number of nitro benzene ring substituents is 1. The van der Waals surface area contributed by atoms with Crippen LogP contribution in [-0.2, 0) is 6.42 Å². The van der Waals surface area contributed by atoms with Gasteiger partial charge in [-0.2, -0.15) is 5.26 Å². The lowest BCUT2D eigenvalue weighted by atomic mass is 10.1. The predicted molar refractivity (Wildman–Crippen MR) is 123 cm³/mol. The fourth-order valence-corrected chi connectivity index (χ4v) is 3.97. The molecule has 4 rings (SSSR count). The summed E-state index contributed by atoms with van der Waals surface area (Å²) in [5, 5.41) is 26.3. The van der Waals surface area contributed by atoms with Gasteiger partial charge in [-0.3, -0.25) is 10.1 Å². The van der Waals surface area contributed by atoms with E-state index in [4.69, 9.17) is 4.42 Å². The van der Waals surface area contributed by atoms with Crippen molar-refractivity contribution in [1.29, 1.82) is 5.26 Å². The Morgan fingerprint density at radius 3 is 2.88 bits per heavy atom. The highest BCUT2D eigenvalue weighted by molar-refractivity contribution is 7.11. The van der Waals surface area contributed by atoms with Crippen molar-refractivity contribution in [2.24, 2.45) is 0 Å². The lowest BCUT2D eigenvalue weighted by Gasteiger charge is -2.07. The Labute approximate surface area is 186 Å². The van der Waals surface area contributed by atoms with E-state index in [0.717, 1.165) is 17.7 Å². The van der Waals surface area contributed by atoms with Gasteiger partial charge in [0.05, 0.1) is 16.2 Å². The van der Waals surface area contributed by atoms with Crippen molar-refractivity contribution < 1.29 is 9.34 Å². The molecule has 0 amide bonds. The summed E-state index contributed by atoms with van der Waals surface area (Å²) in [4.78, 5) is 27.4. The number of allylic oxidation sites excluding steroid dienone is 1. The summed E-state index contributed by atoms with van der Waals surface area (Å²) in [6.45, 7) is 2.05. The van der Waals surface area contributed by atoms with Gasteiger partial charge in [-0.05, 0) is 30.2 Å². The molecule has 9 heteroatoms. The number of hydrogen-bond donors (Lipinski definition) is 1. The normalized spacial score (nSPS) is 11.3. The maximum absolute atomic E-state index is 12.5. The molecule has 0 bridgehead atoms. The molecule has 8 nitrogen and oxygen atoms in total. The molecular weight excluding hydrogens is 428 g/mol. The molecule has 0 radical (unpaired) electrons. The van der Waals surface area contributed by atoms with Gasteiger partial charge < -0.3 is 9.73 Å². The third-order valence-corrected chi connectivity index (χ3v) is 5.70. The molecule has 0 aliphatic carbocycles. The van der Waals surface area contributed by atoms with E-state index in [2.05, 4.69) is 16.4 Å². The number of nitriles is 1. The van der Waals surface area contributed by atoms with Crippen molar-refractivity contribution in [3.05, 3.63) is 91.2 Å². The van der Waals surface area contributed by atoms with Gasteiger partial charge in [0.1, 0.15) is 22.2 Å². The summed E-state index contributed by atoms with van der Waals surface area (Å²) >= 11 is 1.21. The smallest absolute Gasteiger partial charge is 0.345 e. The Bertz CT molecular complexity index is 1460. The molecule has 0 atom stereocenters. The van der Waals surface area contributed by atoms with Crippen molar-refractivity contribution in [1.82, 2.24) is 4.98 Å². The van der Waals surface area contributed by atoms with E-state index in [0.29, 0.717) is 21.7 Å². The number of nitro groups is 1. The number of thiazole rings is 1. The molecular formula is C23H16N4O4S. The Morgan fingerprint density at radius 2 is 2.12 bits per heavy atom. The van der Waals surface area contributed by atoms with Crippen LogP contribution in [0, 0.1) is 21.4 Å². The number of benzene rings is 2. The molecule has 32 heavy (non-hydrogen) atoms. The molecule has 0 aliphatic heterocycles. The minimum Gasteiger partial charge on any atom is -0.422 e. The zero-order chi connectivity index (χ0) is 22.7. The first-order valence-corrected chi connectivity index (χ1v) is 10.5. The summed E-state index contributed by atoms with van der Waals surface area (Å²) in [5.74, 6) is 0. The largest absolute Gasteiger partial charge is 0.422 e. The average molecular weight is 444 g/mol. The number of hydrogen-bond acceptors (Lipinski definition) is 8. The van der Waals surface area contributed by atoms with Crippen molar-refractivity contribution in [3.63, 3.8) is 0 Å². The Kier molecular flexibility index (Phi) is 5.79. The number of fused-ring (bicyclic) bond motifs is 1. The van der Waals surface area contributed by atoms with E-state index in [9.17, 15) is 20.2 Å². The highest BCUT2D eigenvalue weighted by atomic mass is 32.1. The van der Waals surface area contributed by atoms with E-state index in [1.54, 1.807) is 11.6 Å². The van der Waals surface area contributed by atoms with E-state index in [1.807, 2.05) is 31.2 Å². The summed E-state index contributed by atoms with van der Waals surface area (Å²) in [6.07, 6.45) is 2.43. The lowest BCUT2D eigenvalue weighted by Crippen LogP contribution is -2.03. The minimum atomic E-state index is -0.610. The van der Waals surface area contributed by atoms with Crippen molar-refractivity contribution in [2.75, 3.05) is 5.32 Å². The Balaban J connectivity index is 1.68. The Morgan fingerprint density at radius 1 is 1.31 bits per heavy atom. The maximum atomic E-state index is 12.5. The van der Waals surface area contributed by atoms with Gasteiger partial charge in [0.25, 0.3) is 5.69 Å². The quantitative estimate of drug-likeness (QED) is 0.184. The number of aryl methyl sites for hydroxylation is 1. The lowest BCUT2D eigenvalue weighted by molar-refractivity contribution is -0.384. The first kappa shape index (κ1) is 21.0. The molecule has 2 aromatic carbocycles. The van der Waals surface area contributed by atoms with Gasteiger partial charge in [0.15, 0.2) is 0 Å². The van der Waals surface area contributed by atoms with Crippen LogP contribution in [0.2, 0.25) is 0 Å². The van der Waals surface area contributed by atoms with Crippen LogP contribution in [0.5, 0.6) is 0 Å². The van der Waals surface area contributed by atoms with E-state index < -0.39 is 10.5 Å². The van der Waals surface area contributed by atoms with Crippen LogP contribution in [0.25, 0.3) is 27.8 Å². The second kappa shape index (κ2) is 8.83. The molecule has 0 saturated carbocycles. The molecule has 0 aliphatic rings. The van der Waals surface area contributed by atoms with Gasteiger partial charge in [-0.15, -0.1) is 11.3 Å². The van der Waals surface area contributed by atoms with Crippen LogP contribution in [-0.4, -0.2) is 9.91 Å². The fourth-order valence-electron chi connectivity index (χ4n) is 3.19. The molecule has 0 spiro atoms. The standard InChI is InChI=1S/C23H16N4O4S/c1-2-14-5-3-4-6-19(14)25-12-16(11-24)22-26-20(13-32-22)18-10-15-9-17(27(29)30)7-8-21(15)31-23(18)28/h3-10,12-13,25H,2H2,1H3. The molecule has 158 valence electrons. The predicted octanol–water partition coefficient (Wildman–Crippen LogP) is 5.36. The number of aromatic nitrogens is 1. The maximum Gasteiger partial charge on any atom is 0.345 e.